The third kappa shape index (κ3) is 4.87. The quantitative estimate of drug-likeness (QED) is 0.650. The van der Waals surface area contributed by atoms with E-state index in [9.17, 15) is 0 Å². The summed E-state index contributed by atoms with van der Waals surface area (Å²) >= 11 is -0.238. The molecule has 0 aromatic rings. The smallest absolute Gasteiger partial charge is 0.346 e. The van der Waals surface area contributed by atoms with Gasteiger partial charge in [-0.2, -0.15) is 0 Å². The minimum absolute atomic E-state index is 0.238. The predicted octanol–water partition coefficient (Wildman–Crippen LogP) is 2.77. The van der Waals surface area contributed by atoms with Crippen molar-refractivity contribution in [1.29, 1.82) is 0 Å². The van der Waals surface area contributed by atoms with E-state index in [-0.39, 0.29) is 19.3 Å². The Morgan fingerprint density at radius 2 is 2.00 bits per heavy atom. The number of hydrogen-bond acceptors (Lipinski definition) is 1. The standard InChI is InChI=1S/C10H20N.ClH.Mg/c1-10(2)6-9-11-7-4-3-5-8-11;;/h3,10H,4-9H2,1-2H3;1H;/q;;+1/p-1. The van der Waals surface area contributed by atoms with Crippen LogP contribution in [0.15, 0.2) is 0 Å². The second kappa shape index (κ2) is 6.49. The first-order valence-electron chi connectivity index (χ1n) is 5.50. The van der Waals surface area contributed by atoms with Gasteiger partial charge in [0.1, 0.15) is 0 Å². The molecule has 0 spiro atoms. The van der Waals surface area contributed by atoms with E-state index in [1.807, 2.05) is 0 Å². The Hall–Kier alpha value is 1.02. The van der Waals surface area contributed by atoms with Crippen LogP contribution in [-0.2, 0) is 0 Å². The zero-order chi connectivity index (χ0) is 9.68. The maximum Gasteiger partial charge on any atom is 0.504 e. The summed E-state index contributed by atoms with van der Waals surface area (Å²) in [5.74, 6) is 0.847. The SMILES string of the molecule is CC(C)CCN1CC[CH]([Mg][Cl])CC1. The molecule has 13 heavy (non-hydrogen) atoms. The first-order valence-corrected chi connectivity index (χ1v) is 8.46. The molecule has 0 aliphatic carbocycles. The fourth-order valence-electron chi connectivity index (χ4n) is 1.81. The molecule has 0 bridgehead atoms. The van der Waals surface area contributed by atoms with Gasteiger partial charge in [0.2, 0.25) is 0 Å². The van der Waals surface area contributed by atoms with Crippen LogP contribution in [0.1, 0.15) is 33.1 Å². The summed E-state index contributed by atoms with van der Waals surface area (Å²) in [6.45, 7) is 8.51. The molecule has 0 radical (unpaired) electrons. The lowest BCUT2D eigenvalue weighted by Gasteiger charge is -2.31. The highest BCUT2D eigenvalue weighted by Crippen LogP contribution is 2.22. The molecule has 74 valence electrons. The van der Waals surface area contributed by atoms with Crippen molar-refractivity contribution in [2.75, 3.05) is 19.6 Å². The van der Waals surface area contributed by atoms with Crippen molar-refractivity contribution in [3.8, 4) is 0 Å². The van der Waals surface area contributed by atoms with E-state index in [1.54, 1.807) is 0 Å². The Bertz CT molecular complexity index is 133. The lowest BCUT2D eigenvalue weighted by molar-refractivity contribution is 0.217. The lowest BCUT2D eigenvalue weighted by atomic mass is 10.1. The molecular formula is C10H20ClMgN. The molecule has 0 amide bonds. The zero-order valence-corrected chi connectivity index (χ0v) is 11.1. The number of hydrogen-bond donors (Lipinski definition) is 0. The predicted molar refractivity (Wildman–Crippen MR) is 60.5 cm³/mol. The third-order valence-corrected chi connectivity index (χ3v) is 5.51. The molecule has 0 aromatic heterocycles. The minimum atomic E-state index is -0.238. The molecule has 0 unspecified atom stereocenters. The topological polar surface area (TPSA) is 3.24 Å². The summed E-state index contributed by atoms with van der Waals surface area (Å²) in [4.78, 5) is 2.61. The molecule has 0 saturated carbocycles. The molecule has 1 rings (SSSR count). The van der Waals surface area contributed by atoms with Crippen molar-refractivity contribution in [1.82, 2.24) is 4.90 Å². The summed E-state index contributed by atoms with van der Waals surface area (Å²) in [7, 11) is 5.98. The average Bonchev–Trinajstić information content (AvgIpc) is 2.15. The summed E-state index contributed by atoms with van der Waals surface area (Å²) < 4.78 is 0.928. The van der Waals surface area contributed by atoms with Gasteiger partial charge < -0.3 is 14.0 Å². The van der Waals surface area contributed by atoms with E-state index in [0.29, 0.717) is 0 Å². The monoisotopic (exact) mass is 213 g/mol. The van der Waals surface area contributed by atoms with Crippen LogP contribution < -0.4 is 0 Å². The summed E-state index contributed by atoms with van der Waals surface area (Å²) in [6.07, 6.45) is 4.09. The summed E-state index contributed by atoms with van der Waals surface area (Å²) in [5.41, 5.74) is 0. The van der Waals surface area contributed by atoms with Gasteiger partial charge in [-0.15, -0.1) is 4.05 Å². The Morgan fingerprint density at radius 3 is 2.46 bits per heavy atom. The third-order valence-electron chi connectivity index (χ3n) is 2.95. The molecule has 1 fully saturated rings. The van der Waals surface area contributed by atoms with Gasteiger partial charge in [0.25, 0.3) is 0 Å². The second-order valence-corrected chi connectivity index (χ2v) is 7.01. The van der Waals surface area contributed by atoms with Gasteiger partial charge in [-0.3, -0.25) is 0 Å². The van der Waals surface area contributed by atoms with E-state index in [0.717, 1.165) is 9.97 Å². The Labute approximate surface area is 95.7 Å². The Kier molecular flexibility index (Phi) is 6.04. The van der Waals surface area contributed by atoms with Crippen molar-refractivity contribution in [2.45, 2.75) is 37.2 Å². The maximum absolute atomic E-state index is 5.98. The number of nitrogens with zero attached hydrogens (tertiary/aromatic N) is 1. The average molecular weight is 214 g/mol. The number of halogens is 1. The number of piperidine rings is 1. The summed E-state index contributed by atoms with van der Waals surface area (Å²) in [5, 5.41) is 0. The van der Waals surface area contributed by atoms with Gasteiger partial charge in [-0.1, -0.05) is 26.7 Å². The van der Waals surface area contributed by atoms with Gasteiger partial charge in [0.15, 0.2) is 0 Å². The van der Waals surface area contributed by atoms with Crippen LogP contribution in [0.25, 0.3) is 0 Å². The largest absolute Gasteiger partial charge is 0.504 e. The van der Waals surface area contributed by atoms with Crippen LogP contribution in [0, 0.1) is 5.92 Å². The van der Waals surface area contributed by atoms with Crippen LogP contribution in [0.2, 0.25) is 4.05 Å². The van der Waals surface area contributed by atoms with Gasteiger partial charge >= 0.3 is 19.3 Å². The highest BCUT2D eigenvalue weighted by atomic mass is 35.5. The van der Waals surface area contributed by atoms with Gasteiger partial charge in [-0.05, 0) is 32.0 Å². The normalized spacial score (nSPS) is 20.6. The molecule has 0 atom stereocenters. The maximum atomic E-state index is 5.98. The summed E-state index contributed by atoms with van der Waals surface area (Å²) in [6, 6.07) is 0. The lowest BCUT2D eigenvalue weighted by Crippen LogP contribution is -2.34. The van der Waals surface area contributed by atoms with Crippen LogP contribution in [0.4, 0.5) is 0 Å². The first-order chi connectivity index (χ1) is 6.22. The molecule has 0 N–H and O–H groups in total. The fourth-order valence-corrected chi connectivity index (χ4v) is 3.40. The van der Waals surface area contributed by atoms with Crippen LogP contribution in [0.5, 0.6) is 0 Å². The minimum Gasteiger partial charge on any atom is -0.346 e. The first kappa shape index (κ1) is 12.1. The van der Waals surface area contributed by atoms with Gasteiger partial charge in [0, 0.05) is 0 Å². The van der Waals surface area contributed by atoms with E-state index in [1.165, 1.54) is 38.9 Å². The van der Waals surface area contributed by atoms with E-state index in [4.69, 9.17) is 9.07 Å². The molecule has 1 aliphatic rings. The van der Waals surface area contributed by atoms with Crippen LogP contribution in [0.3, 0.4) is 0 Å². The van der Waals surface area contributed by atoms with E-state index >= 15 is 0 Å². The van der Waals surface area contributed by atoms with Gasteiger partial charge in [-0.25, -0.2) is 0 Å². The van der Waals surface area contributed by atoms with Crippen LogP contribution >= 0.6 is 9.07 Å². The van der Waals surface area contributed by atoms with Crippen molar-refractivity contribution in [3.63, 3.8) is 0 Å². The number of likely N-dealkylation sites (tertiary alicyclic amines) is 1. The second-order valence-electron chi connectivity index (χ2n) is 4.62. The van der Waals surface area contributed by atoms with Crippen molar-refractivity contribution < 1.29 is 0 Å². The van der Waals surface area contributed by atoms with E-state index in [2.05, 4.69) is 18.7 Å². The zero-order valence-electron chi connectivity index (χ0n) is 8.93. The molecule has 3 heteroatoms. The van der Waals surface area contributed by atoms with Crippen LogP contribution in [-0.4, -0.2) is 43.8 Å². The molecular weight excluding hydrogens is 194 g/mol. The number of rotatable bonds is 4. The molecule has 1 saturated heterocycles. The highest BCUT2D eigenvalue weighted by molar-refractivity contribution is 6.94. The van der Waals surface area contributed by atoms with Crippen molar-refractivity contribution >= 4 is 28.3 Å². The Morgan fingerprint density at radius 1 is 1.38 bits per heavy atom. The van der Waals surface area contributed by atoms with Crippen molar-refractivity contribution in [2.24, 2.45) is 5.92 Å². The van der Waals surface area contributed by atoms with Gasteiger partial charge in [0.05, 0.1) is 0 Å². The molecule has 1 heterocycles. The fraction of sp³-hybridized carbons (Fsp3) is 1.00. The Balaban J connectivity index is 2.10. The van der Waals surface area contributed by atoms with Crippen molar-refractivity contribution in [3.05, 3.63) is 0 Å². The molecule has 1 nitrogen and oxygen atoms in total. The van der Waals surface area contributed by atoms with E-state index < -0.39 is 0 Å². The molecule has 1 aliphatic heterocycles. The molecule has 0 aromatic carbocycles. The highest BCUT2D eigenvalue weighted by Gasteiger charge is 2.19.